The molecule has 1 heterocycles. The summed E-state index contributed by atoms with van der Waals surface area (Å²) in [5.41, 5.74) is 3.67. The normalized spacial score (nSPS) is 21.7. The molecule has 0 saturated carbocycles. The summed E-state index contributed by atoms with van der Waals surface area (Å²) in [6.07, 6.45) is 1.25. The van der Waals surface area contributed by atoms with Crippen LogP contribution in [0.3, 0.4) is 0 Å². The van der Waals surface area contributed by atoms with Crippen LogP contribution in [-0.4, -0.2) is 20.0 Å². The van der Waals surface area contributed by atoms with Crippen LogP contribution >= 0.6 is 0 Å². The highest BCUT2D eigenvalue weighted by molar-refractivity contribution is 6.00. The third kappa shape index (κ3) is 2.96. The fourth-order valence-electron chi connectivity index (χ4n) is 3.95. The van der Waals surface area contributed by atoms with Crippen molar-refractivity contribution in [3.05, 3.63) is 46.3 Å². The van der Waals surface area contributed by atoms with Gasteiger partial charge < -0.3 is 14.8 Å². The molecule has 0 aromatic heterocycles. The van der Waals surface area contributed by atoms with Crippen LogP contribution in [-0.2, 0) is 4.79 Å². The summed E-state index contributed by atoms with van der Waals surface area (Å²) in [6, 6.07) is 7.81. The molecule has 0 amide bonds. The molecule has 1 aliphatic carbocycles. The Labute approximate surface area is 154 Å². The zero-order valence-corrected chi connectivity index (χ0v) is 15.9. The van der Waals surface area contributed by atoms with Crippen molar-refractivity contribution in [2.24, 2.45) is 5.41 Å². The fraction of sp³-hybridized carbons (Fsp3) is 0.429. The Morgan fingerprint density at radius 1 is 1.23 bits per heavy atom. The molecule has 0 spiro atoms. The molecule has 5 nitrogen and oxygen atoms in total. The number of hydrogen-bond donors (Lipinski definition) is 1. The molecule has 0 saturated heterocycles. The molecule has 2 aliphatic rings. The zero-order chi connectivity index (χ0) is 19.1. The van der Waals surface area contributed by atoms with E-state index in [2.05, 4.69) is 25.2 Å². The van der Waals surface area contributed by atoms with Gasteiger partial charge in [0.1, 0.15) is 11.5 Å². The number of nitriles is 1. The Morgan fingerprint density at radius 3 is 2.58 bits per heavy atom. The Hall–Kier alpha value is -2.74. The first kappa shape index (κ1) is 18.1. The molecule has 0 radical (unpaired) electrons. The number of hydrogen-bond acceptors (Lipinski definition) is 5. The molecule has 0 unspecified atom stereocenters. The van der Waals surface area contributed by atoms with Crippen LogP contribution < -0.4 is 14.8 Å². The van der Waals surface area contributed by atoms with E-state index >= 15 is 0 Å². The number of nitrogens with zero attached hydrogens (tertiary/aromatic N) is 1. The second-order valence-corrected chi connectivity index (χ2v) is 7.65. The van der Waals surface area contributed by atoms with Gasteiger partial charge in [0.25, 0.3) is 0 Å². The Balaban J connectivity index is 2.22. The van der Waals surface area contributed by atoms with E-state index in [1.165, 1.54) is 0 Å². The molecule has 5 heteroatoms. The topological polar surface area (TPSA) is 71.3 Å². The Kier molecular flexibility index (Phi) is 4.53. The quantitative estimate of drug-likeness (QED) is 0.895. The van der Waals surface area contributed by atoms with Crippen LogP contribution in [0.15, 0.2) is 40.7 Å². The number of nitrogens with one attached hydrogen (secondary N) is 1. The smallest absolute Gasteiger partial charge is 0.162 e. The van der Waals surface area contributed by atoms with Crippen molar-refractivity contribution < 1.29 is 14.3 Å². The molecule has 3 rings (SSSR count). The highest BCUT2D eigenvalue weighted by Gasteiger charge is 2.41. The number of Topliss-reactive ketones (excluding diaryl/α,β-unsaturated/α-hetero) is 1. The summed E-state index contributed by atoms with van der Waals surface area (Å²) in [7, 11) is 3.18. The summed E-state index contributed by atoms with van der Waals surface area (Å²) in [5, 5.41) is 13.1. The number of carbonyl (C=O) groups excluding carboxylic acids is 1. The van der Waals surface area contributed by atoms with Gasteiger partial charge >= 0.3 is 0 Å². The molecular formula is C21H24N2O3. The average molecular weight is 352 g/mol. The number of carbonyl (C=O) groups is 1. The highest BCUT2D eigenvalue weighted by atomic mass is 16.5. The summed E-state index contributed by atoms with van der Waals surface area (Å²) < 4.78 is 10.8. The van der Waals surface area contributed by atoms with Gasteiger partial charge in [0.05, 0.1) is 31.8 Å². The van der Waals surface area contributed by atoms with E-state index in [1.54, 1.807) is 20.3 Å². The predicted molar refractivity (Wildman–Crippen MR) is 98.8 cm³/mol. The van der Waals surface area contributed by atoms with Gasteiger partial charge in [0.15, 0.2) is 5.78 Å². The van der Waals surface area contributed by atoms with Crippen LogP contribution in [0.5, 0.6) is 11.5 Å². The SMILES string of the molecule is COc1ccc([C@@H]2C(C#N)=C(C)NC3=C2C(=O)CC(C)(C)C3)c(OC)c1. The van der Waals surface area contributed by atoms with Crippen molar-refractivity contribution in [2.75, 3.05) is 14.2 Å². The molecule has 1 atom stereocenters. The van der Waals surface area contributed by atoms with Crippen molar-refractivity contribution >= 4 is 5.78 Å². The van der Waals surface area contributed by atoms with Crippen LogP contribution in [0.2, 0.25) is 0 Å². The second-order valence-electron chi connectivity index (χ2n) is 7.65. The number of methoxy groups -OCH3 is 2. The number of rotatable bonds is 3. The van der Waals surface area contributed by atoms with Gasteiger partial charge in [-0.3, -0.25) is 4.79 Å². The van der Waals surface area contributed by atoms with Crippen LogP contribution in [0, 0.1) is 16.7 Å². The number of dihydropyridines is 1. The largest absolute Gasteiger partial charge is 0.497 e. The predicted octanol–water partition coefficient (Wildman–Crippen LogP) is 3.83. The average Bonchev–Trinajstić information content (AvgIpc) is 2.58. The van der Waals surface area contributed by atoms with Gasteiger partial charge in [-0.2, -0.15) is 5.26 Å². The lowest BCUT2D eigenvalue weighted by Gasteiger charge is -2.39. The van der Waals surface area contributed by atoms with Gasteiger partial charge in [0.2, 0.25) is 0 Å². The minimum absolute atomic E-state index is 0.0897. The minimum atomic E-state index is -0.416. The first-order chi connectivity index (χ1) is 12.3. The standard InChI is InChI=1S/C21H24N2O3/c1-12-15(11-22)19(14-7-6-13(25-4)8-18(14)26-5)20-16(23-12)9-21(2,3)10-17(20)24/h6-8,19,23H,9-10H2,1-5H3/t19-/m1/s1. The summed E-state index contributed by atoms with van der Waals surface area (Å²) in [6.45, 7) is 6.08. The van der Waals surface area contributed by atoms with Gasteiger partial charge in [-0.1, -0.05) is 19.9 Å². The maximum Gasteiger partial charge on any atom is 0.162 e. The lowest BCUT2D eigenvalue weighted by molar-refractivity contribution is -0.118. The third-order valence-corrected chi connectivity index (χ3v) is 5.11. The van der Waals surface area contributed by atoms with Gasteiger partial charge in [-0.15, -0.1) is 0 Å². The van der Waals surface area contributed by atoms with Crippen molar-refractivity contribution in [3.63, 3.8) is 0 Å². The molecule has 1 aromatic rings. The number of ketones is 1. The van der Waals surface area contributed by atoms with Gasteiger partial charge in [-0.05, 0) is 24.8 Å². The molecule has 136 valence electrons. The van der Waals surface area contributed by atoms with Crippen molar-refractivity contribution in [2.45, 2.75) is 39.5 Å². The van der Waals surface area contributed by atoms with E-state index in [9.17, 15) is 10.1 Å². The molecule has 26 heavy (non-hydrogen) atoms. The maximum absolute atomic E-state index is 13.0. The van der Waals surface area contributed by atoms with E-state index in [0.717, 1.165) is 23.4 Å². The molecule has 1 aromatic carbocycles. The summed E-state index contributed by atoms with van der Waals surface area (Å²) in [4.78, 5) is 13.0. The molecule has 1 aliphatic heterocycles. The molecule has 1 N–H and O–H groups in total. The highest BCUT2D eigenvalue weighted by Crippen LogP contribution is 2.48. The fourth-order valence-corrected chi connectivity index (χ4v) is 3.95. The first-order valence-electron chi connectivity index (χ1n) is 8.67. The number of ether oxygens (including phenoxy) is 2. The van der Waals surface area contributed by atoms with E-state index < -0.39 is 5.92 Å². The van der Waals surface area contributed by atoms with Gasteiger partial charge in [-0.25, -0.2) is 0 Å². The molecular weight excluding hydrogens is 328 g/mol. The van der Waals surface area contributed by atoms with Crippen LogP contribution in [0.1, 0.15) is 45.1 Å². The van der Waals surface area contributed by atoms with Gasteiger partial charge in [0, 0.05) is 35.0 Å². The maximum atomic E-state index is 13.0. The van der Waals surface area contributed by atoms with E-state index in [0.29, 0.717) is 29.1 Å². The summed E-state index contributed by atoms with van der Waals surface area (Å²) in [5.74, 6) is 0.956. The van der Waals surface area contributed by atoms with Crippen molar-refractivity contribution in [3.8, 4) is 17.6 Å². The molecule has 0 fully saturated rings. The third-order valence-electron chi connectivity index (χ3n) is 5.11. The van der Waals surface area contributed by atoms with E-state index in [-0.39, 0.29) is 11.2 Å². The van der Waals surface area contributed by atoms with Crippen LogP contribution in [0.4, 0.5) is 0 Å². The Bertz CT molecular complexity index is 872. The van der Waals surface area contributed by atoms with Crippen molar-refractivity contribution in [1.82, 2.24) is 5.32 Å². The minimum Gasteiger partial charge on any atom is -0.497 e. The van der Waals surface area contributed by atoms with E-state index in [1.807, 2.05) is 19.1 Å². The van der Waals surface area contributed by atoms with Crippen LogP contribution in [0.25, 0.3) is 0 Å². The Morgan fingerprint density at radius 2 is 1.96 bits per heavy atom. The first-order valence-corrected chi connectivity index (χ1v) is 8.67. The lowest BCUT2D eigenvalue weighted by Crippen LogP contribution is -2.36. The lowest BCUT2D eigenvalue weighted by atomic mass is 9.68. The number of allylic oxidation sites excluding steroid dienone is 4. The monoisotopic (exact) mass is 352 g/mol. The number of benzene rings is 1. The zero-order valence-electron chi connectivity index (χ0n) is 15.9. The second kappa shape index (κ2) is 6.53. The molecule has 0 bridgehead atoms. The summed E-state index contributed by atoms with van der Waals surface area (Å²) >= 11 is 0. The van der Waals surface area contributed by atoms with E-state index in [4.69, 9.17) is 9.47 Å². The van der Waals surface area contributed by atoms with Crippen molar-refractivity contribution in [1.29, 1.82) is 5.26 Å².